The van der Waals surface area contributed by atoms with Crippen LogP contribution in [0, 0.1) is 0 Å². The molecular formula is C11H23N. The Bertz CT molecular complexity index is 95.2. The molecule has 1 atom stereocenters. The third kappa shape index (κ3) is 4.10. The molecule has 1 saturated heterocycles. The molecule has 1 heteroatoms. The lowest BCUT2D eigenvalue weighted by atomic mass is 10.1. The Morgan fingerprint density at radius 2 is 2.00 bits per heavy atom. The van der Waals surface area contributed by atoms with Gasteiger partial charge in [0.2, 0.25) is 0 Å². The molecule has 0 radical (unpaired) electrons. The maximum absolute atomic E-state index is 3.55. The fourth-order valence-corrected chi connectivity index (χ4v) is 2.00. The topological polar surface area (TPSA) is 12.0 Å². The maximum atomic E-state index is 3.55. The Balaban J connectivity index is 1.81. The first-order valence-corrected chi connectivity index (χ1v) is 5.67. The number of hydrogen-bond acceptors (Lipinski definition) is 1. The second-order valence-corrected chi connectivity index (χ2v) is 4.00. The van der Waals surface area contributed by atoms with Crippen LogP contribution in [0.5, 0.6) is 0 Å². The SMILES string of the molecule is CCCCCCC[C@@H]1CCCN1. The van der Waals surface area contributed by atoms with Gasteiger partial charge in [0.15, 0.2) is 0 Å². The minimum atomic E-state index is 0.867. The van der Waals surface area contributed by atoms with Crippen LogP contribution < -0.4 is 5.32 Å². The van der Waals surface area contributed by atoms with Crippen molar-refractivity contribution in [2.75, 3.05) is 6.54 Å². The summed E-state index contributed by atoms with van der Waals surface area (Å²) in [6, 6.07) is 0.867. The molecule has 1 fully saturated rings. The summed E-state index contributed by atoms with van der Waals surface area (Å²) in [6.07, 6.45) is 11.4. The zero-order chi connectivity index (χ0) is 8.65. The molecule has 0 unspecified atom stereocenters. The van der Waals surface area contributed by atoms with E-state index in [4.69, 9.17) is 0 Å². The fraction of sp³-hybridized carbons (Fsp3) is 1.00. The first-order chi connectivity index (χ1) is 5.93. The summed E-state index contributed by atoms with van der Waals surface area (Å²) in [6.45, 7) is 3.54. The molecule has 0 aromatic heterocycles. The van der Waals surface area contributed by atoms with Crippen molar-refractivity contribution in [3.8, 4) is 0 Å². The smallest absolute Gasteiger partial charge is 0.00675 e. The van der Waals surface area contributed by atoms with Gasteiger partial charge < -0.3 is 5.32 Å². The zero-order valence-corrected chi connectivity index (χ0v) is 8.44. The number of unbranched alkanes of at least 4 members (excludes halogenated alkanes) is 4. The quantitative estimate of drug-likeness (QED) is 0.602. The van der Waals surface area contributed by atoms with Gasteiger partial charge in [-0.2, -0.15) is 0 Å². The molecule has 12 heavy (non-hydrogen) atoms. The average Bonchev–Trinajstić information content (AvgIpc) is 2.57. The fourth-order valence-electron chi connectivity index (χ4n) is 2.00. The van der Waals surface area contributed by atoms with Crippen LogP contribution in [0.1, 0.15) is 58.3 Å². The number of rotatable bonds is 6. The van der Waals surface area contributed by atoms with Crippen molar-refractivity contribution in [3.63, 3.8) is 0 Å². The van der Waals surface area contributed by atoms with E-state index in [0.29, 0.717) is 0 Å². The summed E-state index contributed by atoms with van der Waals surface area (Å²) in [5.41, 5.74) is 0. The largest absolute Gasteiger partial charge is 0.314 e. The van der Waals surface area contributed by atoms with Crippen LogP contribution in [0.4, 0.5) is 0 Å². The summed E-state index contributed by atoms with van der Waals surface area (Å²) in [4.78, 5) is 0. The Morgan fingerprint density at radius 1 is 1.17 bits per heavy atom. The molecule has 1 nitrogen and oxygen atoms in total. The van der Waals surface area contributed by atoms with Crippen molar-refractivity contribution in [1.82, 2.24) is 5.32 Å². The van der Waals surface area contributed by atoms with E-state index in [1.165, 1.54) is 57.9 Å². The highest BCUT2D eigenvalue weighted by atomic mass is 14.9. The second kappa shape index (κ2) is 6.47. The zero-order valence-electron chi connectivity index (χ0n) is 8.44. The highest BCUT2D eigenvalue weighted by molar-refractivity contribution is 4.73. The molecule has 1 aliphatic heterocycles. The normalized spacial score (nSPS) is 23.2. The van der Waals surface area contributed by atoms with Gasteiger partial charge in [0.1, 0.15) is 0 Å². The summed E-state index contributed by atoms with van der Waals surface area (Å²) >= 11 is 0. The van der Waals surface area contributed by atoms with Crippen LogP contribution in [0.25, 0.3) is 0 Å². The Morgan fingerprint density at radius 3 is 2.67 bits per heavy atom. The van der Waals surface area contributed by atoms with Crippen LogP contribution in [0.15, 0.2) is 0 Å². The molecule has 0 amide bonds. The molecular weight excluding hydrogens is 146 g/mol. The summed E-state index contributed by atoms with van der Waals surface area (Å²) < 4.78 is 0. The van der Waals surface area contributed by atoms with Crippen LogP contribution in [-0.4, -0.2) is 12.6 Å². The highest BCUT2D eigenvalue weighted by Crippen LogP contribution is 2.13. The average molecular weight is 169 g/mol. The van der Waals surface area contributed by atoms with Crippen molar-refractivity contribution < 1.29 is 0 Å². The molecule has 0 aromatic carbocycles. The first kappa shape index (κ1) is 10.0. The lowest BCUT2D eigenvalue weighted by molar-refractivity contribution is 0.508. The second-order valence-electron chi connectivity index (χ2n) is 4.00. The molecule has 0 aliphatic carbocycles. The van der Waals surface area contributed by atoms with E-state index in [1.54, 1.807) is 0 Å². The molecule has 1 N–H and O–H groups in total. The van der Waals surface area contributed by atoms with Crippen LogP contribution in [-0.2, 0) is 0 Å². The van der Waals surface area contributed by atoms with E-state index < -0.39 is 0 Å². The van der Waals surface area contributed by atoms with Gasteiger partial charge in [-0.25, -0.2) is 0 Å². The van der Waals surface area contributed by atoms with Gasteiger partial charge in [0.05, 0.1) is 0 Å². The lowest BCUT2D eigenvalue weighted by Gasteiger charge is -2.08. The Labute approximate surface area is 76.9 Å². The van der Waals surface area contributed by atoms with E-state index >= 15 is 0 Å². The van der Waals surface area contributed by atoms with Gasteiger partial charge >= 0.3 is 0 Å². The van der Waals surface area contributed by atoms with Crippen LogP contribution in [0.3, 0.4) is 0 Å². The third-order valence-electron chi connectivity index (χ3n) is 2.82. The van der Waals surface area contributed by atoms with Crippen molar-refractivity contribution in [2.24, 2.45) is 0 Å². The van der Waals surface area contributed by atoms with Crippen molar-refractivity contribution in [2.45, 2.75) is 64.3 Å². The van der Waals surface area contributed by atoms with Gasteiger partial charge in [-0.05, 0) is 25.8 Å². The third-order valence-corrected chi connectivity index (χ3v) is 2.82. The van der Waals surface area contributed by atoms with Gasteiger partial charge in [0.25, 0.3) is 0 Å². The van der Waals surface area contributed by atoms with Crippen molar-refractivity contribution in [1.29, 1.82) is 0 Å². The number of hydrogen-bond donors (Lipinski definition) is 1. The molecule has 0 bridgehead atoms. The molecule has 0 spiro atoms. The predicted octanol–water partition coefficient (Wildman–Crippen LogP) is 3.10. The van der Waals surface area contributed by atoms with E-state index in [0.717, 1.165) is 6.04 Å². The van der Waals surface area contributed by atoms with E-state index in [2.05, 4.69) is 12.2 Å². The number of nitrogens with one attached hydrogen (secondary N) is 1. The van der Waals surface area contributed by atoms with Crippen LogP contribution >= 0.6 is 0 Å². The highest BCUT2D eigenvalue weighted by Gasteiger charge is 2.12. The summed E-state index contributed by atoms with van der Waals surface area (Å²) in [5, 5.41) is 3.55. The predicted molar refractivity (Wildman–Crippen MR) is 54.4 cm³/mol. The lowest BCUT2D eigenvalue weighted by Crippen LogP contribution is -2.20. The van der Waals surface area contributed by atoms with E-state index in [1.807, 2.05) is 0 Å². The van der Waals surface area contributed by atoms with Gasteiger partial charge in [-0.1, -0.05) is 39.0 Å². The summed E-state index contributed by atoms with van der Waals surface area (Å²) in [7, 11) is 0. The molecule has 1 rings (SSSR count). The Kier molecular flexibility index (Phi) is 5.42. The van der Waals surface area contributed by atoms with E-state index in [9.17, 15) is 0 Å². The molecule has 1 heterocycles. The van der Waals surface area contributed by atoms with Gasteiger partial charge in [0, 0.05) is 6.04 Å². The van der Waals surface area contributed by atoms with Crippen molar-refractivity contribution >= 4 is 0 Å². The molecule has 72 valence electrons. The standard InChI is InChI=1S/C11H23N/c1-2-3-4-5-6-8-11-9-7-10-12-11/h11-12H,2-10H2,1H3/t11-/m1/s1. The molecule has 1 aliphatic rings. The Hall–Kier alpha value is -0.0400. The minimum Gasteiger partial charge on any atom is -0.314 e. The van der Waals surface area contributed by atoms with Gasteiger partial charge in [-0.3, -0.25) is 0 Å². The first-order valence-electron chi connectivity index (χ1n) is 5.67. The maximum Gasteiger partial charge on any atom is 0.00675 e. The van der Waals surface area contributed by atoms with Crippen LogP contribution in [0.2, 0.25) is 0 Å². The van der Waals surface area contributed by atoms with Gasteiger partial charge in [-0.15, -0.1) is 0 Å². The minimum absolute atomic E-state index is 0.867. The monoisotopic (exact) mass is 169 g/mol. The summed E-state index contributed by atoms with van der Waals surface area (Å²) in [5.74, 6) is 0. The molecule has 0 saturated carbocycles. The molecule has 0 aromatic rings. The van der Waals surface area contributed by atoms with Crippen molar-refractivity contribution in [3.05, 3.63) is 0 Å². The van der Waals surface area contributed by atoms with E-state index in [-0.39, 0.29) is 0 Å².